The first-order chi connectivity index (χ1) is 15.4. The first-order valence-electron chi connectivity index (χ1n) is 10.4. The van der Waals surface area contributed by atoms with Crippen LogP contribution in [0.1, 0.15) is 24.8 Å². The number of carbonyl (C=O) groups excluding carboxylic acids is 3. The van der Waals surface area contributed by atoms with Crippen molar-refractivity contribution in [2.75, 3.05) is 29.9 Å². The fourth-order valence-corrected chi connectivity index (χ4v) is 3.78. The maximum atomic E-state index is 14.6. The fourth-order valence-electron chi connectivity index (χ4n) is 3.78. The number of hydrogen-bond acceptors (Lipinski definition) is 4. The molecule has 0 saturated carbocycles. The molecule has 2 aliphatic rings. The third-order valence-electron chi connectivity index (χ3n) is 5.39. The fraction of sp³-hybridized carbons (Fsp3) is 0.261. The second-order valence-electron chi connectivity index (χ2n) is 7.67. The summed E-state index contributed by atoms with van der Waals surface area (Å²) in [6, 6.07) is 9.43. The van der Waals surface area contributed by atoms with Crippen LogP contribution in [0.2, 0.25) is 0 Å². The van der Waals surface area contributed by atoms with E-state index in [-0.39, 0.29) is 11.4 Å². The number of nitrogens with zero attached hydrogens (tertiary/aromatic N) is 2. The highest BCUT2D eigenvalue weighted by Gasteiger charge is 2.35. The Kier molecular flexibility index (Phi) is 6.16. The molecule has 0 spiro atoms. The highest BCUT2D eigenvalue weighted by molar-refractivity contribution is 6.15. The van der Waals surface area contributed by atoms with Crippen LogP contribution in [0.3, 0.4) is 0 Å². The van der Waals surface area contributed by atoms with Gasteiger partial charge in [0.15, 0.2) is 0 Å². The molecule has 2 saturated heterocycles. The minimum Gasteiger partial charge on any atom is -0.369 e. The van der Waals surface area contributed by atoms with Crippen LogP contribution in [0.4, 0.5) is 25.0 Å². The third-order valence-corrected chi connectivity index (χ3v) is 5.39. The number of hydrogen-bond donors (Lipinski definition) is 2. The van der Waals surface area contributed by atoms with Gasteiger partial charge >= 0.3 is 6.03 Å². The predicted molar refractivity (Wildman–Crippen MR) is 116 cm³/mol. The number of anilines is 2. The summed E-state index contributed by atoms with van der Waals surface area (Å²) in [7, 11) is 0. The Morgan fingerprint density at radius 2 is 1.78 bits per heavy atom. The molecule has 0 atom stereocenters. The average Bonchev–Trinajstić information content (AvgIpc) is 3.03. The van der Waals surface area contributed by atoms with Gasteiger partial charge in [0.05, 0.1) is 11.4 Å². The number of amides is 4. The summed E-state index contributed by atoms with van der Waals surface area (Å²) in [5.41, 5.74) is 0.799. The lowest BCUT2D eigenvalue weighted by Crippen LogP contribution is -2.38. The standard InChI is InChI=1S/C23H22F2N4O3/c24-16-6-2-3-7-18(16)26-21(30)14-29-22(31)19(27-23(29)32)13-15-8-9-20(17(25)12-15)28-10-4-1-5-11-28/h2-3,6-9,12-13H,1,4-5,10-11,14H2,(H,26,30)(H,27,32)/b19-13+. The number of imide groups is 1. The van der Waals surface area contributed by atoms with Crippen molar-refractivity contribution in [3.05, 3.63) is 65.4 Å². The average molecular weight is 440 g/mol. The zero-order valence-electron chi connectivity index (χ0n) is 17.2. The summed E-state index contributed by atoms with van der Waals surface area (Å²) in [6.07, 6.45) is 4.54. The number of para-hydroxylation sites is 1. The summed E-state index contributed by atoms with van der Waals surface area (Å²) < 4.78 is 28.3. The molecule has 166 valence electrons. The van der Waals surface area contributed by atoms with Crippen molar-refractivity contribution in [3.8, 4) is 0 Å². The molecular weight excluding hydrogens is 418 g/mol. The lowest BCUT2D eigenvalue weighted by atomic mass is 10.1. The molecule has 0 radical (unpaired) electrons. The van der Waals surface area contributed by atoms with Crippen molar-refractivity contribution in [3.63, 3.8) is 0 Å². The molecule has 0 bridgehead atoms. The lowest BCUT2D eigenvalue weighted by molar-refractivity contribution is -0.127. The van der Waals surface area contributed by atoms with Crippen LogP contribution in [0.25, 0.3) is 6.08 Å². The van der Waals surface area contributed by atoms with Crippen LogP contribution in [0.15, 0.2) is 48.2 Å². The highest BCUT2D eigenvalue weighted by Crippen LogP contribution is 2.25. The van der Waals surface area contributed by atoms with Gasteiger partial charge in [0, 0.05) is 13.1 Å². The minimum absolute atomic E-state index is 0.0513. The van der Waals surface area contributed by atoms with Crippen molar-refractivity contribution >= 4 is 35.3 Å². The van der Waals surface area contributed by atoms with E-state index in [0.29, 0.717) is 16.2 Å². The number of urea groups is 1. The molecular formula is C23H22F2N4O3. The number of halogens is 2. The molecule has 2 aromatic carbocycles. The van der Waals surface area contributed by atoms with E-state index in [1.54, 1.807) is 18.2 Å². The first kappa shape index (κ1) is 21.5. The number of piperidine rings is 1. The zero-order chi connectivity index (χ0) is 22.7. The molecule has 4 rings (SSSR count). The van der Waals surface area contributed by atoms with Crippen LogP contribution in [-0.2, 0) is 9.59 Å². The normalized spacial score (nSPS) is 17.6. The molecule has 9 heteroatoms. The number of rotatable bonds is 5. The Morgan fingerprint density at radius 3 is 2.50 bits per heavy atom. The SMILES string of the molecule is O=C(CN1C(=O)N/C(=C/c2ccc(N3CCCCC3)c(F)c2)C1=O)Nc1ccccc1F. The monoisotopic (exact) mass is 440 g/mol. The number of benzene rings is 2. The van der Waals surface area contributed by atoms with Gasteiger partial charge in [0.1, 0.15) is 23.9 Å². The van der Waals surface area contributed by atoms with E-state index < -0.39 is 36.0 Å². The van der Waals surface area contributed by atoms with Gasteiger partial charge < -0.3 is 15.5 Å². The molecule has 4 amide bonds. The zero-order valence-corrected chi connectivity index (χ0v) is 17.2. The summed E-state index contributed by atoms with van der Waals surface area (Å²) in [5.74, 6) is -2.48. The van der Waals surface area contributed by atoms with E-state index >= 15 is 0 Å². The summed E-state index contributed by atoms with van der Waals surface area (Å²) in [6.45, 7) is 1.02. The summed E-state index contributed by atoms with van der Waals surface area (Å²) >= 11 is 0. The third kappa shape index (κ3) is 4.61. The Balaban J connectivity index is 1.44. The van der Waals surface area contributed by atoms with E-state index in [1.165, 1.54) is 30.3 Å². The van der Waals surface area contributed by atoms with Crippen LogP contribution >= 0.6 is 0 Å². The van der Waals surface area contributed by atoms with Gasteiger partial charge in [-0.3, -0.25) is 9.59 Å². The largest absolute Gasteiger partial charge is 0.369 e. The van der Waals surface area contributed by atoms with Gasteiger partial charge in [0.2, 0.25) is 5.91 Å². The Labute approximate surface area is 183 Å². The van der Waals surface area contributed by atoms with Crippen molar-refractivity contribution in [1.29, 1.82) is 0 Å². The van der Waals surface area contributed by atoms with Gasteiger partial charge in [-0.05, 0) is 55.2 Å². The van der Waals surface area contributed by atoms with Crippen molar-refractivity contribution in [2.24, 2.45) is 0 Å². The maximum Gasteiger partial charge on any atom is 0.329 e. The van der Waals surface area contributed by atoms with Gasteiger partial charge in [-0.2, -0.15) is 0 Å². The van der Waals surface area contributed by atoms with E-state index in [2.05, 4.69) is 10.6 Å². The van der Waals surface area contributed by atoms with E-state index in [0.717, 1.165) is 32.4 Å². The van der Waals surface area contributed by atoms with Gasteiger partial charge in [-0.25, -0.2) is 18.5 Å². The van der Waals surface area contributed by atoms with Crippen LogP contribution < -0.4 is 15.5 Å². The molecule has 32 heavy (non-hydrogen) atoms. The molecule has 7 nitrogen and oxygen atoms in total. The number of nitrogens with one attached hydrogen (secondary N) is 2. The lowest BCUT2D eigenvalue weighted by Gasteiger charge is -2.29. The molecule has 2 aromatic rings. The Bertz CT molecular complexity index is 1100. The van der Waals surface area contributed by atoms with Gasteiger partial charge in [0.25, 0.3) is 5.91 Å². The molecule has 2 heterocycles. The second kappa shape index (κ2) is 9.17. The first-order valence-corrected chi connectivity index (χ1v) is 10.4. The number of carbonyl (C=O) groups is 3. The molecule has 0 aliphatic carbocycles. The van der Waals surface area contributed by atoms with Crippen LogP contribution in [0.5, 0.6) is 0 Å². The smallest absolute Gasteiger partial charge is 0.329 e. The van der Waals surface area contributed by atoms with E-state index in [4.69, 9.17) is 0 Å². The topological polar surface area (TPSA) is 81.8 Å². The van der Waals surface area contributed by atoms with Gasteiger partial charge in [-0.15, -0.1) is 0 Å². The van der Waals surface area contributed by atoms with Crippen LogP contribution in [-0.4, -0.2) is 42.4 Å². The highest BCUT2D eigenvalue weighted by atomic mass is 19.1. The summed E-state index contributed by atoms with van der Waals surface area (Å²) in [5, 5.41) is 4.72. The molecule has 0 aromatic heterocycles. The Morgan fingerprint density at radius 1 is 1.03 bits per heavy atom. The quantitative estimate of drug-likeness (QED) is 0.551. The Hall–Kier alpha value is -3.75. The molecule has 2 fully saturated rings. The van der Waals surface area contributed by atoms with Gasteiger partial charge in [-0.1, -0.05) is 18.2 Å². The van der Waals surface area contributed by atoms with E-state index in [9.17, 15) is 23.2 Å². The maximum absolute atomic E-state index is 14.6. The van der Waals surface area contributed by atoms with Crippen LogP contribution in [0, 0.1) is 11.6 Å². The predicted octanol–water partition coefficient (Wildman–Crippen LogP) is 3.49. The minimum atomic E-state index is -0.782. The molecule has 0 unspecified atom stereocenters. The van der Waals surface area contributed by atoms with E-state index in [1.807, 2.05) is 4.90 Å². The summed E-state index contributed by atoms with van der Waals surface area (Å²) in [4.78, 5) is 39.7. The molecule has 2 aliphatic heterocycles. The van der Waals surface area contributed by atoms with Crippen molar-refractivity contribution < 1.29 is 23.2 Å². The second-order valence-corrected chi connectivity index (χ2v) is 7.67. The molecule has 2 N–H and O–H groups in total. The van der Waals surface area contributed by atoms with Crippen molar-refractivity contribution in [1.82, 2.24) is 10.2 Å². The van der Waals surface area contributed by atoms with Crippen molar-refractivity contribution in [2.45, 2.75) is 19.3 Å².